The maximum atomic E-state index is 10.8. The molecule has 0 fully saturated rings. The summed E-state index contributed by atoms with van der Waals surface area (Å²) in [6, 6.07) is 54.0. The van der Waals surface area contributed by atoms with Crippen LogP contribution in [0.2, 0.25) is 0 Å². The predicted octanol–water partition coefficient (Wildman–Crippen LogP) is 6.79. The molecule has 0 saturated heterocycles. The van der Waals surface area contributed by atoms with Crippen molar-refractivity contribution in [3.05, 3.63) is 174 Å². The first-order valence-electron chi connectivity index (χ1n) is 10.5. The number of benzene rings is 5. The Morgan fingerprint density at radius 2 is 0.917 bits per heavy atom. The number of hydrogen-bond donors (Lipinski definition) is 1. The van der Waals surface area contributed by atoms with Crippen LogP contribution in [0.1, 0.15) is 10.4 Å². The second-order valence-corrected chi connectivity index (χ2v) is 7.17. The summed E-state index contributed by atoms with van der Waals surface area (Å²) in [7, 11) is 0. The Balaban J connectivity index is 0.000000434. The average Bonchev–Trinajstić information content (AvgIpc) is 2.95. The summed E-state index contributed by atoms with van der Waals surface area (Å²) in [5.41, 5.74) is -0.209. The second kappa shape index (κ2) is 23.4. The second-order valence-electron chi connectivity index (χ2n) is 6.26. The van der Waals surface area contributed by atoms with Crippen LogP contribution < -0.4 is 5.11 Å². The molecule has 0 heterocycles. The van der Waals surface area contributed by atoms with Crippen molar-refractivity contribution in [3.63, 3.8) is 0 Å². The summed E-state index contributed by atoms with van der Waals surface area (Å²) < 4.78 is 0.592. The molecule has 0 spiro atoms. The number of carboxylic acids is 1. The Morgan fingerprint density at radius 3 is 1.08 bits per heavy atom. The average molecular weight is 646 g/mol. The van der Waals surface area contributed by atoms with Gasteiger partial charge in [-0.3, -0.25) is 0 Å². The van der Waals surface area contributed by atoms with Crippen molar-refractivity contribution in [2.24, 2.45) is 0 Å². The number of carbonyl (C=O) groups is 1. The maximum Gasteiger partial charge on any atom is 0.335 e. The number of aromatic carboxylic acids is 1. The van der Waals surface area contributed by atoms with Crippen LogP contribution in [0, 0.1) is 24.3 Å². The minimum atomic E-state index is -1.20. The normalized spacial score (nSPS) is 8.25. The van der Waals surface area contributed by atoms with Crippen molar-refractivity contribution < 1.29 is 15.0 Å². The van der Waals surface area contributed by atoms with E-state index < -0.39 is 11.7 Å². The molecule has 5 rings (SSSR count). The summed E-state index contributed by atoms with van der Waals surface area (Å²) in [5, 5.41) is 19.3. The summed E-state index contributed by atoms with van der Waals surface area (Å²) in [6.07, 6.45) is 0. The third-order valence-corrected chi connectivity index (χ3v) is 4.09. The summed E-state index contributed by atoms with van der Waals surface area (Å²) in [6.45, 7) is 0. The van der Waals surface area contributed by atoms with Gasteiger partial charge in [-0.25, -0.2) is 4.79 Å². The molecular formula is C31H24BrO3Sb-. The zero-order valence-electron chi connectivity index (χ0n) is 19.4. The fourth-order valence-electron chi connectivity index (χ4n) is 2.04. The summed E-state index contributed by atoms with van der Waals surface area (Å²) >= 11 is 3.06. The van der Waals surface area contributed by atoms with Gasteiger partial charge in [0.1, 0.15) is 0 Å². The molecule has 7 radical (unpaired) electrons. The monoisotopic (exact) mass is 644 g/mol. The Bertz CT molecular complexity index is 895. The molecule has 0 bridgehead atoms. The first-order chi connectivity index (χ1) is 17.1. The van der Waals surface area contributed by atoms with Gasteiger partial charge in [-0.15, -0.1) is 0 Å². The third-order valence-electron chi connectivity index (χ3n) is 3.60. The van der Waals surface area contributed by atoms with E-state index in [0.29, 0.717) is 4.47 Å². The Kier molecular flexibility index (Phi) is 21.2. The first-order valence-corrected chi connectivity index (χ1v) is 11.2. The number of halogens is 1. The molecule has 3 nitrogen and oxygen atoms in total. The van der Waals surface area contributed by atoms with Gasteiger partial charge in [0.05, 0.1) is 5.56 Å². The van der Waals surface area contributed by atoms with E-state index in [4.69, 9.17) is 5.11 Å². The van der Waals surface area contributed by atoms with E-state index in [0.717, 1.165) is 0 Å². The Morgan fingerprint density at radius 1 is 0.611 bits per heavy atom. The summed E-state index contributed by atoms with van der Waals surface area (Å²) in [5.74, 6) is -1.67. The van der Waals surface area contributed by atoms with E-state index in [1.54, 1.807) is 0 Å². The van der Waals surface area contributed by atoms with Crippen LogP contribution in [0.15, 0.2) is 144 Å². The van der Waals surface area contributed by atoms with Crippen LogP contribution in [0.25, 0.3) is 0 Å². The minimum absolute atomic E-state index is 0. The van der Waals surface area contributed by atoms with Gasteiger partial charge in [0.15, 0.2) is 0 Å². The zero-order valence-corrected chi connectivity index (χ0v) is 23.5. The van der Waals surface area contributed by atoms with E-state index in [-0.39, 0.29) is 30.0 Å². The quantitative estimate of drug-likeness (QED) is 0.204. The SMILES string of the molecule is O=C(O)c1cc(Br)ccc1[O-].[Sb].[c]1ccccc1.[c]1ccccc1.[c]1ccccc1.[c]1ccccc1. The van der Waals surface area contributed by atoms with Gasteiger partial charge in [-0.2, -0.15) is 0 Å². The van der Waals surface area contributed by atoms with E-state index in [2.05, 4.69) is 40.2 Å². The van der Waals surface area contributed by atoms with Crippen LogP contribution in [0.3, 0.4) is 0 Å². The molecule has 0 atom stereocenters. The molecule has 5 heteroatoms. The van der Waals surface area contributed by atoms with E-state index >= 15 is 0 Å². The Hall–Kier alpha value is -3.33. The molecule has 5 aromatic carbocycles. The smallest absolute Gasteiger partial charge is 0.335 e. The van der Waals surface area contributed by atoms with Crippen molar-refractivity contribution in [2.45, 2.75) is 0 Å². The van der Waals surface area contributed by atoms with E-state index in [1.165, 1.54) is 18.2 Å². The molecule has 0 aliphatic rings. The number of hydrogen-bond acceptors (Lipinski definition) is 2. The van der Waals surface area contributed by atoms with E-state index in [1.807, 2.05) is 121 Å². The molecule has 179 valence electrons. The third kappa shape index (κ3) is 19.0. The van der Waals surface area contributed by atoms with Gasteiger partial charge in [0.2, 0.25) is 0 Å². The molecule has 0 amide bonds. The molecule has 1 N–H and O–H groups in total. The van der Waals surface area contributed by atoms with Crippen LogP contribution in [-0.4, -0.2) is 35.5 Å². The van der Waals surface area contributed by atoms with Gasteiger partial charge >= 0.3 is 5.97 Å². The largest absolute Gasteiger partial charge is 0.872 e. The molecule has 0 unspecified atom stereocenters. The number of carboxylic acid groups (broad SMARTS) is 1. The fourth-order valence-corrected chi connectivity index (χ4v) is 2.40. The molecule has 0 saturated carbocycles. The standard InChI is InChI=1S/C7H5BrO3.4C6H5.Sb/c8-4-1-2-6(9)5(3-4)7(10)11;4*1-2-4-6-5-3-1;/h1-3,9H,(H,10,11);4*1-5H;/p-1. The Labute approximate surface area is 239 Å². The minimum Gasteiger partial charge on any atom is -0.872 e. The zero-order chi connectivity index (χ0) is 25.4. The predicted molar refractivity (Wildman–Crippen MR) is 147 cm³/mol. The van der Waals surface area contributed by atoms with Crippen molar-refractivity contribution in [1.82, 2.24) is 0 Å². The van der Waals surface area contributed by atoms with Gasteiger partial charge in [-0.05, 0) is 36.4 Å². The topological polar surface area (TPSA) is 60.4 Å². The molecule has 0 aliphatic carbocycles. The fraction of sp³-hybridized carbons (Fsp3) is 0. The van der Waals surface area contributed by atoms with Crippen molar-refractivity contribution in [2.75, 3.05) is 0 Å². The van der Waals surface area contributed by atoms with Gasteiger partial charge in [0.25, 0.3) is 0 Å². The first kappa shape index (κ1) is 32.7. The molecule has 0 aliphatic heterocycles. The summed E-state index contributed by atoms with van der Waals surface area (Å²) in [4.78, 5) is 10.4. The van der Waals surface area contributed by atoms with Crippen LogP contribution in [0.4, 0.5) is 0 Å². The van der Waals surface area contributed by atoms with Crippen LogP contribution in [-0.2, 0) is 0 Å². The number of rotatable bonds is 1. The van der Waals surface area contributed by atoms with Crippen LogP contribution >= 0.6 is 15.9 Å². The van der Waals surface area contributed by atoms with Gasteiger partial charge in [0, 0.05) is 28.9 Å². The van der Waals surface area contributed by atoms with E-state index in [9.17, 15) is 9.90 Å². The van der Waals surface area contributed by atoms with Crippen LogP contribution in [0.5, 0.6) is 5.75 Å². The molecule has 0 aromatic heterocycles. The van der Waals surface area contributed by atoms with Gasteiger partial charge < -0.3 is 10.2 Å². The molecule has 5 aromatic rings. The van der Waals surface area contributed by atoms with Crippen molar-refractivity contribution in [1.29, 1.82) is 0 Å². The molecular weight excluding hydrogens is 622 g/mol. The molecule has 36 heavy (non-hydrogen) atoms. The van der Waals surface area contributed by atoms with Gasteiger partial charge in [-0.1, -0.05) is 149 Å². The van der Waals surface area contributed by atoms with Crippen molar-refractivity contribution >= 4 is 46.3 Å². The maximum absolute atomic E-state index is 10.8. The van der Waals surface area contributed by atoms with Crippen molar-refractivity contribution in [3.8, 4) is 5.75 Å².